The van der Waals surface area contributed by atoms with Gasteiger partial charge in [-0.25, -0.2) is 0 Å². The standard InChI is InChI=1S/C21H23NO5/c1-3-18(23)16-6-8-17(9-7-16)25-13-21(24)22(4-2)12-15-5-10-19-20(11-15)27-14-26-19/h5-11H,3-4,12-14H2,1-2H3. The molecule has 6 heteroatoms. The molecule has 0 aliphatic carbocycles. The molecule has 0 bridgehead atoms. The average Bonchev–Trinajstić information content (AvgIpc) is 3.17. The third kappa shape index (κ3) is 4.58. The number of hydrogen-bond donors (Lipinski definition) is 0. The molecular weight excluding hydrogens is 346 g/mol. The number of Topliss-reactive ketones (excluding diaryl/α,β-unsaturated/α-hetero) is 1. The molecule has 2 aromatic rings. The number of amides is 1. The van der Waals surface area contributed by atoms with Crippen LogP contribution in [0.25, 0.3) is 0 Å². The van der Waals surface area contributed by atoms with E-state index in [1.54, 1.807) is 29.2 Å². The van der Waals surface area contributed by atoms with Crippen LogP contribution in [0.5, 0.6) is 17.2 Å². The van der Waals surface area contributed by atoms with Crippen molar-refractivity contribution in [1.82, 2.24) is 4.90 Å². The highest BCUT2D eigenvalue weighted by atomic mass is 16.7. The van der Waals surface area contributed by atoms with Crippen molar-refractivity contribution in [3.8, 4) is 17.2 Å². The molecule has 6 nitrogen and oxygen atoms in total. The molecule has 0 saturated heterocycles. The van der Waals surface area contributed by atoms with Crippen molar-refractivity contribution in [2.75, 3.05) is 19.9 Å². The number of carbonyl (C=O) groups excluding carboxylic acids is 2. The van der Waals surface area contributed by atoms with Crippen molar-refractivity contribution in [2.24, 2.45) is 0 Å². The highest BCUT2D eigenvalue weighted by molar-refractivity contribution is 5.95. The van der Waals surface area contributed by atoms with Crippen LogP contribution in [0.2, 0.25) is 0 Å². The van der Waals surface area contributed by atoms with E-state index >= 15 is 0 Å². The molecule has 1 amide bonds. The summed E-state index contributed by atoms with van der Waals surface area (Å²) in [6.07, 6.45) is 0.462. The van der Waals surface area contributed by atoms with Crippen LogP contribution in [-0.4, -0.2) is 36.5 Å². The predicted molar refractivity (Wildman–Crippen MR) is 100 cm³/mol. The molecule has 27 heavy (non-hydrogen) atoms. The van der Waals surface area contributed by atoms with E-state index in [9.17, 15) is 9.59 Å². The molecule has 1 aliphatic rings. The average molecular weight is 369 g/mol. The van der Waals surface area contributed by atoms with Gasteiger partial charge in [0.15, 0.2) is 23.9 Å². The quantitative estimate of drug-likeness (QED) is 0.667. The maximum atomic E-state index is 12.5. The van der Waals surface area contributed by atoms with Gasteiger partial charge in [-0.2, -0.15) is 0 Å². The van der Waals surface area contributed by atoms with Crippen LogP contribution < -0.4 is 14.2 Å². The van der Waals surface area contributed by atoms with Gasteiger partial charge >= 0.3 is 0 Å². The van der Waals surface area contributed by atoms with Gasteiger partial charge in [-0.1, -0.05) is 13.0 Å². The largest absolute Gasteiger partial charge is 0.484 e. The highest BCUT2D eigenvalue weighted by Crippen LogP contribution is 2.32. The van der Waals surface area contributed by atoms with Gasteiger partial charge in [0.25, 0.3) is 5.91 Å². The first-order chi connectivity index (χ1) is 13.1. The summed E-state index contributed by atoms with van der Waals surface area (Å²) in [5.41, 5.74) is 1.62. The van der Waals surface area contributed by atoms with Crippen molar-refractivity contribution in [3.05, 3.63) is 53.6 Å². The van der Waals surface area contributed by atoms with Crippen LogP contribution in [0.15, 0.2) is 42.5 Å². The number of hydrogen-bond acceptors (Lipinski definition) is 5. The van der Waals surface area contributed by atoms with Crippen molar-refractivity contribution in [2.45, 2.75) is 26.8 Å². The highest BCUT2D eigenvalue weighted by Gasteiger charge is 2.17. The summed E-state index contributed by atoms with van der Waals surface area (Å²) in [7, 11) is 0. The van der Waals surface area contributed by atoms with E-state index < -0.39 is 0 Å². The van der Waals surface area contributed by atoms with Crippen LogP contribution in [0.1, 0.15) is 36.2 Å². The number of ether oxygens (including phenoxy) is 3. The third-order valence-electron chi connectivity index (χ3n) is 4.40. The first kappa shape index (κ1) is 18.8. The fourth-order valence-electron chi connectivity index (χ4n) is 2.81. The summed E-state index contributed by atoms with van der Waals surface area (Å²) in [6.45, 7) is 4.96. The fourth-order valence-corrected chi connectivity index (χ4v) is 2.81. The lowest BCUT2D eigenvalue weighted by Gasteiger charge is -2.21. The molecule has 2 aromatic carbocycles. The van der Waals surface area contributed by atoms with Gasteiger partial charge in [0, 0.05) is 25.1 Å². The molecule has 0 aromatic heterocycles. The second-order valence-electron chi connectivity index (χ2n) is 6.19. The Hall–Kier alpha value is -3.02. The van der Waals surface area contributed by atoms with Gasteiger partial charge in [-0.05, 0) is 48.9 Å². The number of nitrogens with zero attached hydrogens (tertiary/aromatic N) is 1. The molecule has 3 rings (SSSR count). The summed E-state index contributed by atoms with van der Waals surface area (Å²) >= 11 is 0. The van der Waals surface area contributed by atoms with Crippen LogP contribution in [0, 0.1) is 0 Å². The minimum Gasteiger partial charge on any atom is -0.484 e. The molecule has 142 valence electrons. The van der Waals surface area contributed by atoms with Gasteiger partial charge in [-0.15, -0.1) is 0 Å². The molecule has 1 heterocycles. The molecular formula is C21H23NO5. The zero-order valence-corrected chi connectivity index (χ0v) is 15.6. The lowest BCUT2D eigenvalue weighted by Crippen LogP contribution is -2.34. The summed E-state index contributed by atoms with van der Waals surface area (Å²) in [5.74, 6) is 1.97. The van der Waals surface area contributed by atoms with Crippen molar-refractivity contribution in [3.63, 3.8) is 0 Å². The van der Waals surface area contributed by atoms with Crippen molar-refractivity contribution < 1.29 is 23.8 Å². The zero-order chi connectivity index (χ0) is 19.2. The Labute approximate surface area is 158 Å². The van der Waals surface area contributed by atoms with E-state index in [0.717, 1.165) is 11.3 Å². The number of benzene rings is 2. The maximum Gasteiger partial charge on any atom is 0.260 e. The number of ketones is 1. The summed E-state index contributed by atoms with van der Waals surface area (Å²) < 4.78 is 16.3. The Morgan fingerprint density at radius 1 is 1.04 bits per heavy atom. The summed E-state index contributed by atoms with van der Waals surface area (Å²) in [5, 5.41) is 0. The fraction of sp³-hybridized carbons (Fsp3) is 0.333. The minimum atomic E-state index is -0.108. The van der Waals surface area contributed by atoms with Crippen LogP contribution >= 0.6 is 0 Å². The van der Waals surface area contributed by atoms with Gasteiger partial charge in [0.1, 0.15) is 5.75 Å². The van der Waals surface area contributed by atoms with E-state index in [1.807, 2.05) is 32.0 Å². The normalized spacial score (nSPS) is 11.9. The Bertz CT molecular complexity index is 816. The number of rotatable bonds is 8. The smallest absolute Gasteiger partial charge is 0.260 e. The number of carbonyl (C=O) groups is 2. The van der Waals surface area contributed by atoms with E-state index in [2.05, 4.69) is 0 Å². The molecule has 0 N–H and O–H groups in total. The van der Waals surface area contributed by atoms with Gasteiger partial charge in [0.2, 0.25) is 6.79 Å². The van der Waals surface area contributed by atoms with Crippen molar-refractivity contribution >= 4 is 11.7 Å². The van der Waals surface area contributed by atoms with Crippen LogP contribution in [-0.2, 0) is 11.3 Å². The molecule has 0 radical (unpaired) electrons. The van der Waals surface area contributed by atoms with Gasteiger partial charge in [-0.3, -0.25) is 9.59 Å². The molecule has 0 unspecified atom stereocenters. The monoisotopic (exact) mass is 369 g/mol. The Kier molecular flexibility index (Phi) is 5.96. The second-order valence-corrected chi connectivity index (χ2v) is 6.19. The lowest BCUT2D eigenvalue weighted by molar-refractivity contribution is -0.133. The van der Waals surface area contributed by atoms with E-state index in [1.165, 1.54) is 0 Å². The molecule has 0 atom stereocenters. The van der Waals surface area contributed by atoms with E-state index in [4.69, 9.17) is 14.2 Å². The Balaban J connectivity index is 1.56. The summed E-state index contributed by atoms with van der Waals surface area (Å²) in [6, 6.07) is 12.5. The molecule has 0 spiro atoms. The second kappa shape index (κ2) is 8.58. The van der Waals surface area contributed by atoms with Crippen molar-refractivity contribution in [1.29, 1.82) is 0 Å². The Morgan fingerprint density at radius 3 is 2.48 bits per heavy atom. The third-order valence-corrected chi connectivity index (χ3v) is 4.40. The number of fused-ring (bicyclic) bond motifs is 1. The minimum absolute atomic E-state index is 0.0561. The van der Waals surface area contributed by atoms with Gasteiger partial charge < -0.3 is 19.1 Å². The van der Waals surface area contributed by atoms with Crippen LogP contribution in [0.3, 0.4) is 0 Å². The first-order valence-electron chi connectivity index (χ1n) is 9.03. The topological polar surface area (TPSA) is 65.1 Å². The van der Waals surface area contributed by atoms with Gasteiger partial charge in [0.05, 0.1) is 0 Å². The first-order valence-corrected chi connectivity index (χ1v) is 9.03. The SMILES string of the molecule is CCC(=O)c1ccc(OCC(=O)N(CC)Cc2ccc3c(c2)OCO3)cc1. The zero-order valence-electron chi connectivity index (χ0n) is 15.6. The molecule has 1 aliphatic heterocycles. The van der Waals surface area contributed by atoms with E-state index in [0.29, 0.717) is 36.6 Å². The molecule has 0 fully saturated rings. The Morgan fingerprint density at radius 2 is 1.78 bits per heavy atom. The van der Waals surface area contributed by atoms with Crippen LogP contribution in [0.4, 0.5) is 0 Å². The summed E-state index contributed by atoms with van der Waals surface area (Å²) in [4.78, 5) is 25.9. The number of likely N-dealkylation sites (N-methyl/N-ethyl adjacent to an activating group) is 1. The predicted octanol–water partition coefficient (Wildman–Crippen LogP) is 3.44. The molecule has 0 saturated carbocycles. The van der Waals surface area contributed by atoms with E-state index in [-0.39, 0.29) is 25.1 Å². The lowest BCUT2D eigenvalue weighted by atomic mass is 10.1. The maximum absolute atomic E-state index is 12.5.